The fourth-order valence-corrected chi connectivity index (χ4v) is 3.31. The van der Waals surface area contributed by atoms with E-state index in [1.807, 2.05) is 30.0 Å². The van der Waals surface area contributed by atoms with E-state index >= 15 is 0 Å². The van der Waals surface area contributed by atoms with Gasteiger partial charge in [0, 0.05) is 35.1 Å². The van der Waals surface area contributed by atoms with Gasteiger partial charge in [-0.25, -0.2) is 0 Å². The Kier molecular flexibility index (Phi) is 5.53. The summed E-state index contributed by atoms with van der Waals surface area (Å²) < 4.78 is 11.5. The SMILES string of the molecule is COc1ccc(Br)cc1/C=C/C(=O)N1CCC(c2nc(C)no2)CC1. The second kappa shape index (κ2) is 7.82. The first-order valence-corrected chi connectivity index (χ1v) is 8.97. The molecule has 0 N–H and O–H groups in total. The fourth-order valence-electron chi connectivity index (χ4n) is 2.93. The molecule has 1 aliphatic heterocycles. The van der Waals surface area contributed by atoms with Gasteiger partial charge in [-0.3, -0.25) is 4.79 Å². The molecule has 1 amide bonds. The van der Waals surface area contributed by atoms with Gasteiger partial charge in [-0.05, 0) is 44.0 Å². The number of carbonyl (C=O) groups is 1. The molecule has 0 bridgehead atoms. The average molecular weight is 406 g/mol. The van der Waals surface area contributed by atoms with Gasteiger partial charge >= 0.3 is 0 Å². The monoisotopic (exact) mass is 405 g/mol. The van der Waals surface area contributed by atoms with Crippen LogP contribution in [0.1, 0.15) is 36.0 Å². The predicted octanol–water partition coefficient (Wildman–Crippen LogP) is 3.57. The van der Waals surface area contributed by atoms with Crippen LogP contribution in [-0.4, -0.2) is 41.1 Å². The Morgan fingerprint density at radius 2 is 2.16 bits per heavy atom. The zero-order valence-corrected chi connectivity index (χ0v) is 15.8. The number of ether oxygens (including phenoxy) is 1. The first-order valence-electron chi connectivity index (χ1n) is 8.17. The van der Waals surface area contributed by atoms with Gasteiger partial charge in [0.15, 0.2) is 5.82 Å². The minimum atomic E-state index is 0.00203. The van der Waals surface area contributed by atoms with E-state index in [2.05, 4.69) is 26.1 Å². The topological polar surface area (TPSA) is 68.5 Å². The van der Waals surface area contributed by atoms with Gasteiger partial charge < -0.3 is 14.2 Å². The van der Waals surface area contributed by atoms with Crippen LogP contribution in [0, 0.1) is 6.92 Å². The lowest BCUT2D eigenvalue weighted by atomic mass is 9.96. The normalized spacial score (nSPS) is 15.7. The lowest BCUT2D eigenvalue weighted by Crippen LogP contribution is -2.36. The van der Waals surface area contributed by atoms with E-state index in [1.165, 1.54) is 0 Å². The third-order valence-electron chi connectivity index (χ3n) is 4.30. The molecule has 1 saturated heterocycles. The summed E-state index contributed by atoms with van der Waals surface area (Å²) in [6.45, 7) is 3.18. The highest BCUT2D eigenvalue weighted by atomic mass is 79.9. The van der Waals surface area contributed by atoms with Crippen molar-refractivity contribution in [2.24, 2.45) is 0 Å². The van der Waals surface area contributed by atoms with Crippen LogP contribution in [0.25, 0.3) is 6.08 Å². The van der Waals surface area contributed by atoms with Crippen molar-refractivity contribution in [3.63, 3.8) is 0 Å². The van der Waals surface area contributed by atoms with Gasteiger partial charge in [0.2, 0.25) is 11.8 Å². The summed E-state index contributed by atoms with van der Waals surface area (Å²) in [5.74, 6) is 2.30. The van der Waals surface area contributed by atoms with E-state index in [-0.39, 0.29) is 11.8 Å². The third-order valence-corrected chi connectivity index (χ3v) is 4.79. The molecule has 1 aromatic heterocycles. The van der Waals surface area contributed by atoms with E-state index in [4.69, 9.17) is 9.26 Å². The van der Waals surface area contributed by atoms with Crippen molar-refractivity contribution < 1.29 is 14.1 Å². The first kappa shape index (κ1) is 17.7. The number of piperidine rings is 1. The molecule has 0 spiro atoms. The molecule has 0 atom stereocenters. The van der Waals surface area contributed by atoms with Gasteiger partial charge in [0.25, 0.3) is 0 Å². The number of methoxy groups -OCH3 is 1. The van der Waals surface area contributed by atoms with Crippen molar-refractivity contribution in [1.82, 2.24) is 15.0 Å². The van der Waals surface area contributed by atoms with Gasteiger partial charge in [-0.2, -0.15) is 4.98 Å². The summed E-state index contributed by atoms with van der Waals surface area (Å²) >= 11 is 3.43. The highest BCUT2D eigenvalue weighted by Gasteiger charge is 2.26. The third kappa shape index (κ3) is 4.28. The molecular formula is C18H20BrN3O3. The highest BCUT2D eigenvalue weighted by molar-refractivity contribution is 9.10. The zero-order chi connectivity index (χ0) is 17.8. The van der Waals surface area contributed by atoms with Gasteiger partial charge in [0.1, 0.15) is 5.75 Å². The molecule has 132 valence electrons. The number of hydrogen-bond acceptors (Lipinski definition) is 5. The summed E-state index contributed by atoms with van der Waals surface area (Å²) in [4.78, 5) is 18.6. The Balaban J connectivity index is 1.60. The van der Waals surface area contributed by atoms with E-state index in [0.717, 1.165) is 28.6 Å². The maximum absolute atomic E-state index is 12.4. The first-order chi connectivity index (χ1) is 12.1. The van der Waals surface area contributed by atoms with Crippen LogP contribution in [-0.2, 0) is 4.79 Å². The molecule has 0 radical (unpaired) electrons. The molecule has 2 heterocycles. The van der Waals surface area contributed by atoms with Crippen LogP contribution in [0.3, 0.4) is 0 Å². The summed E-state index contributed by atoms with van der Waals surface area (Å²) in [5, 5.41) is 3.84. The summed E-state index contributed by atoms with van der Waals surface area (Å²) in [6, 6.07) is 5.70. The second-order valence-electron chi connectivity index (χ2n) is 6.00. The molecule has 0 unspecified atom stereocenters. The molecule has 1 fully saturated rings. The lowest BCUT2D eigenvalue weighted by Gasteiger charge is -2.29. The molecular weight excluding hydrogens is 386 g/mol. The number of hydrogen-bond donors (Lipinski definition) is 0. The number of rotatable bonds is 4. The molecule has 0 aliphatic carbocycles. The van der Waals surface area contributed by atoms with Crippen molar-refractivity contribution in [2.45, 2.75) is 25.7 Å². The van der Waals surface area contributed by atoms with Crippen LogP contribution in [0.5, 0.6) is 5.75 Å². The average Bonchev–Trinajstić information content (AvgIpc) is 3.06. The molecule has 1 aromatic carbocycles. The standard InChI is InChI=1S/C18H20BrN3O3/c1-12-20-18(25-21-12)13-7-9-22(10-8-13)17(23)6-3-14-11-15(19)4-5-16(14)24-2/h3-6,11,13H,7-10H2,1-2H3/b6-3+. The smallest absolute Gasteiger partial charge is 0.246 e. The summed E-state index contributed by atoms with van der Waals surface area (Å²) in [7, 11) is 1.62. The Morgan fingerprint density at radius 3 is 2.80 bits per heavy atom. The lowest BCUT2D eigenvalue weighted by molar-refractivity contribution is -0.127. The number of nitrogens with zero attached hydrogens (tertiary/aromatic N) is 3. The van der Waals surface area contributed by atoms with Crippen molar-refractivity contribution >= 4 is 27.9 Å². The fraction of sp³-hybridized carbons (Fsp3) is 0.389. The molecule has 2 aromatic rings. The van der Waals surface area contributed by atoms with Crippen molar-refractivity contribution in [2.75, 3.05) is 20.2 Å². The number of aromatic nitrogens is 2. The van der Waals surface area contributed by atoms with E-state index in [9.17, 15) is 4.79 Å². The Morgan fingerprint density at radius 1 is 1.40 bits per heavy atom. The van der Waals surface area contributed by atoms with E-state index in [1.54, 1.807) is 19.3 Å². The zero-order valence-electron chi connectivity index (χ0n) is 14.2. The quantitative estimate of drug-likeness (QED) is 0.727. The molecule has 7 heteroatoms. The molecule has 6 nitrogen and oxygen atoms in total. The highest BCUT2D eigenvalue weighted by Crippen LogP contribution is 2.27. The Bertz CT molecular complexity index is 780. The van der Waals surface area contributed by atoms with Gasteiger partial charge in [-0.1, -0.05) is 21.1 Å². The summed E-state index contributed by atoms with van der Waals surface area (Å²) in [6.07, 6.45) is 5.06. The second-order valence-corrected chi connectivity index (χ2v) is 6.91. The van der Waals surface area contributed by atoms with Gasteiger partial charge in [-0.15, -0.1) is 0 Å². The number of halogens is 1. The van der Waals surface area contributed by atoms with Crippen LogP contribution in [0.2, 0.25) is 0 Å². The minimum Gasteiger partial charge on any atom is -0.496 e. The van der Waals surface area contributed by atoms with Crippen LogP contribution in [0.4, 0.5) is 0 Å². The predicted molar refractivity (Wildman–Crippen MR) is 97.3 cm³/mol. The van der Waals surface area contributed by atoms with Crippen LogP contribution < -0.4 is 4.74 Å². The number of carbonyl (C=O) groups excluding carboxylic acids is 1. The van der Waals surface area contributed by atoms with E-state index < -0.39 is 0 Å². The number of benzene rings is 1. The molecule has 25 heavy (non-hydrogen) atoms. The minimum absolute atomic E-state index is 0.00203. The van der Waals surface area contributed by atoms with Crippen LogP contribution >= 0.6 is 15.9 Å². The summed E-state index contributed by atoms with van der Waals surface area (Å²) in [5.41, 5.74) is 0.862. The maximum atomic E-state index is 12.4. The maximum Gasteiger partial charge on any atom is 0.246 e. The number of likely N-dealkylation sites (tertiary alicyclic amines) is 1. The van der Waals surface area contributed by atoms with E-state index in [0.29, 0.717) is 24.8 Å². The van der Waals surface area contributed by atoms with Crippen LogP contribution in [0.15, 0.2) is 33.3 Å². The Labute approximate surface area is 155 Å². The number of amides is 1. The Hall–Kier alpha value is -2.15. The molecule has 0 saturated carbocycles. The largest absolute Gasteiger partial charge is 0.496 e. The molecule has 1 aliphatic rings. The van der Waals surface area contributed by atoms with Crippen molar-refractivity contribution in [3.05, 3.63) is 46.0 Å². The van der Waals surface area contributed by atoms with Gasteiger partial charge in [0.05, 0.1) is 7.11 Å². The van der Waals surface area contributed by atoms with Crippen molar-refractivity contribution in [1.29, 1.82) is 0 Å². The number of aryl methyl sites for hydroxylation is 1. The van der Waals surface area contributed by atoms with Crippen molar-refractivity contribution in [3.8, 4) is 5.75 Å². The molecule has 3 rings (SSSR count).